The third kappa shape index (κ3) is 4.67. The van der Waals surface area contributed by atoms with Crippen LogP contribution >= 0.6 is 7.92 Å². The van der Waals surface area contributed by atoms with E-state index in [1.54, 1.807) is 0 Å². The molecule has 23 heavy (non-hydrogen) atoms. The molecule has 122 valence electrons. The zero-order valence-electron chi connectivity index (χ0n) is 14.3. The van der Waals surface area contributed by atoms with Gasteiger partial charge in [-0.1, -0.05) is 99.7 Å². The van der Waals surface area contributed by atoms with Crippen LogP contribution in [0, 0.1) is 11.8 Å². The predicted octanol–water partition coefficient (Wildman–Crippen LogP) is 5.73. The first kappa shape index (κ1) is 16.7. The van der Waals surface area contributed by atoms with Gasteiger partial charge < -0.3 is 0 Å². The normalized spacial score (nSPS) is 17.3. The largest absolute Gasteiger partial charge is 0.0622 e. The minimum atomic E-state index is -0.204. The molecule has 1 aliphatic carbocycles. The van der Waals surface area contributed by atoms with E-state index in [2.05, 4.69) is 67.6 Å². The zero-order valence-corrected chi connectivity index (χ0v) is 15.2. The van der Waals surface area contributed by atoms with Crippen LogP contribution in [-0.2, 0) is 0 Å². The molecule has 3 rings (SSSR count). The lowest BCUT2D eigenvalue weighted by Gasteiger charge is -2.29. The summed E-state index contributed by atoms with van der Waals surface area (Å²) in [5.74, 6) is 1.86. The van der Waals surface area contributed by atoms with Crippen LogP contribution in [0.25, 0.3) is 0 Å². The van der Waals surface area contributed by atoms with Crippen LogP contribution in [0.2, 0.25) is 0 Å². The van der Waals surface area contributed by atoms with Gasteiger partial charge >= 0.3 is 0 Å². The lowest BCUT2D eigenvalue weighted by molar-refractivity contribution is 0.259. The lowest BCUT2D eigenvalue weighted by Crippen LogP contribution is -2.19. The SMILES string of the molecule is C[C@@H](CCP(c1ccccc1)c1ccccc1)C1CCCCC1. The van der Waals surface area contributed by atoms with Crippen molar-refractivity contribution in [3.63, 3.8) is 0 Å². The average Bonchev–Trinajstić information content (AvgIpc) is 2.64. The van der Waals surface area contributed by atoms with Crippen molar-refractivity contribution in [2.45, 2.75) is 45.4 Å². The second-order valence-corrected chi connectivity index (χ2v) is 9.32. The standard InChI is InChI=1S/C22H29P/c1-19(20-11-5-2-6-12-20)17-18-23(21-13-7-3-8-14-21)22-15-9-4-10-16-22/h3-4,7-10,13-16,19-20H,2,5-6,11-12,17-18H2,1H3/t19-/m0/s1. The molecular formula is C22H29P. The van der Waals surface area contributed by atoms with Gasteiger partial charge in [0.1, 0.15) is 0 Å². The second kappa shape index (κ2) is 8.65. The Balaban J connectivity index is 1.69. The highest BCUT2D eigenvalue weighted by atomic mass is 31.1. The molecule has 0 aliphatic heterocycles. The van der Waals surface area contributed by atoms with Crippen molar-refractivity contribution in [1.82, 2.24) is 0 Å². The summed E-state index contributed by atoms with van der Waals surface area (Å²) in [6.07, 6.45) is 10.0. The fraction of sp³-hybridized carbons (Fsp3) is 0.455. The summed E-state index contributed by atoms with van der Waals surface area (Å²) in [5, 5.41) is 3.06. The monoisotopic (exact) mass is 324 g/mol. The van der Waals surface area contributed by atoms with Gasteiger partial charge in [-0.15, -0.1) is 0 Å². The minimum absolute atomic E-state index is 0.204. The molecule has 0 aromatic heterocycles. The van der Waals surface area contributed by atoms with Gasteiger partial charge in [0, 0.05) is 0 Å². The van der Waals surface area contributed by atoms with E-state index in [1.807, 2.05) is 0 Å². The van der Waals surface area contributed by atoms with E-state index in [-0.39, 0.29) is 7.92 Å². The number of benzene rings is 2. The van der Waals surface area contributed by atoms with Crippen LogP contribution in [0.5, 0.6) is 0 Å². The maximum absolute atomic E-state index is 2.50. The second-order valence-electron chi connectivity index (χ2n) is 6.99. The van der Waals surface area contributed by atoms with Crippen LogP contribution in [0.4, 0.5) is 0 Å². The van der Waals surface area contributed by atoms with Gasteiger partial charge in [-0.05, 0) is 42.9 Å². The Morgan fingerprint density at radius 2 is 1.35 bits per heavy atom. The van der Waals surface area contributed by atoms with Gasteiger partial charge in [0.25, 0.3) is 0 Å². The van der Waals surface area contributed by atoms with E-state index in [4.69, 9.17) is 0 Å². The van der Waals surface area contributed by atoms with Crippen molar-refractivity contribution in [3.05, 3.63) is 60.7 Å². The first-order valence-corrected chi connectivity index (χ1v) is 10.7. The maximum Gasteiger partial charge on any atom is -0.0195 e. The third-order valence-corrected chi connectivity index (χ3v) is 7.95. The van der Waals surface area contributed by atoms with Gasteiger partial charge in [0.15, 0.2) is 0 Å². The van der Waals surface area contributed by atoms with E-state index in [9.17, 15) is 0 Å². The summed E-state index contributed by atoms with van der Waals surface area (Å²) in [5.41, 5.74) is 0. The fourth-order valence-corrected chi connectivity index (χ4v) is 6.44. The van der Waals surface area contributed by atoms with Gasteiger partial charge in [-0.2, -0.15) is 0 Å². The quantitative estimate of drug-likeness (QED) is 0.596. The van der Waals surface area contributed by atoms with Crippen LogP contribution in [0.15, 0.2) is 60.7 Å². The summed E-state index contributed by atoms with van der Waals surface area (Å²) in [6.45, 7) is 2.50. The van der Waals surface area contributed by atoms with E-state index in [0.717, 1.165) is 11.8 Å². The fourth-order valence-electron chi connectivity index (χ4n) is 3.89. The van der Waals surface area contributed by atoms with Crippen molar-refractivity contribution >= 4 is 18.5 Å². The van der Waals surface area contributed by atoms with Crippen LogP contribution < -0.4 is 10.6 Å². The molecular weight excluding hydrogens is 295 g/mol. The molecule has 0 spiro atoms. The van der Waals surface area contributed by atoms with Crippen molar-refractivity contribution in [3.8, 4) is 0 Å². The third-order valence-electron chi connectivity index (χ3n) is 5.40. The highest BCUT2D eigenvalue weighted by Crippen LogP contribution is 2.38. The molecule has 0 amide bonds. The number of hydrogen-bond acceptors (Lipinski definition) is 0. The Hall–Kier alpha value is -1.13. The Morgan fingerprint density at radius 1 is 0.826 bits per heavy atom. The van der Waals surface area contributed by atoms with Crippen LogP contribution in [-0.4, -0.2) is 6.16 Å². The van der Waals surface area contributed by atoms with E-state index in [1.165, 1.54) is 55.3 Å². The van der Waals surface area contributed by atoms with Gasteiger partial charge in [-0.3, -0.25) is 0 Å². The van der Waals surface area contributed by atoms with Crippen molar-refractivity contribution < 1.29 is 0 Å². The molecule has 1 fully saturated rings. The topological polar surface area (TPSA) is 0 Å². The Bertz CT molecular complexity index is 518. The molecule has 0 bridgehead atoms. The van der Waals surface area contributed by atoms with Crippen LogP contribution in [0.3, 0.4) is 0 Å². The molecule has 0 nitrogen and oxygen atoms in total. The lowest BCUT2D eigenvalue weighted by atomic mass is 9.80. The van der Waals surface area contributed by atoms with Gasteiger partial charge in [0.05, 0.1) is 0 Å². The molecule has 1 saturated carbocycles. The van der Waals surface area contributed by atoms with Gasteiger partial charge in [0.2, 0.25) is 0 Å². The molecule has 0 radical (unpaired) electrons. The minimum Gasteiger partial charge on any atom is -0.0622 e. The Morgan fingerprint density at radius 3 is 1.87 bits per heavy atom. The summed E-state index contributed by atoms with van der Waals surface area (Å²) in [4.78, 5) is 0. The first-order valence-electron chi connectivity index (χ1n) is 9.22. The molecule has 2 aromatic rings. The molecule has 2 aromatic carbocycles. The van der Waals surface area contributed by atoms with E-state index >= 15 is 0 Å². The Kier molecular flexibility index (Phi) is 6.29. The smallest absolute Gasteiger partial charge is 0.0195 e. The van der Waals surface area contributed by atoms with Crippen LogP contribution in [0.1, 0.15) is 45.4 Å². The van der Waals surface area contributed by atoms with Crippen molar-refractivity contribution in [2.24, 2.45) is 11.8 Å². The number of hydrogen-bond donors (Lipinski definition) is 0. The van der Waals surface area contributed by atoms with E-state index < -0.39 is 0 Å². The molecule has 0 N–H and O–H groups in total. The van der Waals surface area contributed by atoms with Crippen molar-refractivity contribution in [2.75, 3.05) is 6.16 Å². The summed E-state index contributed by atoms with van der Waals surface area (Å²) in [6, 6.07) is 22.3. The molecule has 1 atom stereocenters. The average molecular weight is 324 g/mol. The molecule has 0 unspecified atom stereocenters. The zero-order chi connectivity index (χ0) is 15.9. The van der Waals surface area contributed by atoms with Crippen molar-refractivity contribution in [1.29, 1.82) is 0 Å². The molecule has 0 saturated heterocycles. The first-order chi connectivity index (χ1) is 11.3. The Labute approximate surface area is 143 Å². The highest BCUT2D eigenvalue weighted by Gasteiger charge is 2.22. The molecule has 1 heteroatoms. The highest BCUT2D eigenvalue weighted by molar-refractivity contribution is 7.73. The van der Waals surface area contributed by atoms with E-state index in [0.29, 0.717) is 0 Å². The molecule has 1 aliphatic rings. The molecule has 0 heterocycles. The maximum atomic E-state index is 2.50. The summed E-state index contributed by atoms with van der Waals surface area (Å²) < 4.78 is 0. The predicted molar refractivity (Wildman–Crippen MR) is 104 cm³/mol. The summed E-state index contributed by atoms with van der Waals surface area (Å²) >= 11 is 0. The summed E-state index contributed by atoms with van der Waals surface area (Å²) in [7, 11) is -0.204. The number of rotatable bonds is 6. The van der Waals surface area contributed by atoms with Gasteiger partial charge in [-0.25, -0.2) is 0 Å².